The van der Waals surface area contributed by atoms with E-state index in [1.165, 1.54) is 12.1 Å². The second kappa shape index (κ2) is 21.0. The minimum atomic E-state index is -5.06. The monoisotopic (exact) mass is 1110 g/mol. The normalized spacial score (nSPS) is 11.4. The predicted molar refractivity (Wildman–Crippen MR) is 334 cm³/mol. The van der Waals surface area contributed by atoms with Crippen molar-refractivity contribution < 1.29 is 13.2 Å². The third-order valence-electron chi connectivity index (χ3n) is 15.7. The Balaban J connectivity index is 1.14. The van der Waals surface area contributed by atoms with Gasteiger partial charge in [-0.15, -0.1) is 0 Å². The van der Waals surface area contributed by atoms with E-state index in [9.17, 15) is 10.5 Å². The Labute approximate surface area is 490 Å². The van der Waals surface area contributed by atoms with E-state index in [1.807, 2.05) is 158 Å². The van der Waals surface area contributed by atoms with E-state index in [2.05, 4.69) is 21.8 Å². The summed E-state index contributed by atoms with van der Waals surface area (Å²) < 4.78 is 55.8. The molecule has 11 aromatic carbocycles. The number of aromatic nitrogens is 5. The second-order valence-corrected chi connectivity index (χ2v) is 20.6. The van der Waals surface area contributed by atoms with Crippen LogP contribution in [0.1, 0.15) is 16.7 Å². The minimum absolute atomic E-state index is 0.109. The lowest BCUT2D eigenvalue weighted by atomic mass is 9.97. The van der Waals surface area contributed by atoms with Crippen molar-refractivity contribution in [1.29, 1.82) is 10.5 Å². The number of hydrogen-bond donors (Lipinski definition) is 0. The van der Waals surface area contributed by atoms with Gasteiger partial charge < -0.3 is 9.13 Å². The van der Waals surface area contributed by atoms with Crippen molar-refractivity contribution in [3.05, 3.63) is 282 Å². The fraction of sp³-hybridized carbons (Fsp3) is 0.0135. The summed E-state index contributed by atoms with van der Waals surface area (Å²) in [4.78, 5) is 22.8. The number of fused-ring (bicyclic) bond motifs is 6. The second-order valence-electron chi connectivity index (χ2n) is 20.6. The molecule has 0 unspecified atom stereocenters. The van der Waals surface area contributed by atoms with Crippen LogP contribution in [0.25, 0.3) is 143 Å². The summed E-state index contributed by atoms with van der Waals surface area (Å²) in [5.74, 6) is 0.722. The van der Waals surface area contributed by atoms with Crippen LogP contribution in [0.5, 0.6) is 0 Å². The Morgan fingerprint density at radius 2 is 0.663 bits per heavy atom. The molecule has 9 nitrogen and oxygen atoms in total. The highest BCUT2D eigenvalue weighted by Crippen LogP contribution is 2.48. The molecule has 0 aliphatic rings. The Morgan fingerprint density at radius 1 is 0.349 bits per heavy atom. The zero-order chi connectivity index (χ0) is 58.6. The van der Waals surface area contributed by atoms with Gasteiger partial charge in [-0.1, -0.05) is 170 Å². The van der Waals surface area contributed by atoms with Gasteiger partial charge in [0.2, 0.25) is 0 Å². The molecule has 0 bridgehead atoms. The smallest absolute Gasteiger partial charge is 0.309 e. The van der Waals surface area contributed by atoms with E-state index in [0.717, 1.165) is 0 Å². The first-order valence-corrected chi connectivity index (χ1v) is 27.3. The van der Waals surface area contributed by atoms with Crippen molar-refractivity contribution in [2.24, 2.45) is 0 Å². The van der Waals surface area contributed by atoms with Gasteiger partial charge in [-0.25, -0.2) is 24.6 Å². The topological polar surface area (TPSA) is 105 Å². The molecule has 402 valence electrons. The maximum Gasteiger partial charge on any atom is 0.420 e. The van der Waals surface area contributed by atoms with E-state index in [4.69, 9.17) is 28.1 Å². The van der Waals surface area contributed by atoms with E-state index < -0.39 is 11.7 Å². The molecule has 0 aliphatic carbocycles. The lowest BCUT2D eigenvalue weighted by Crippen LogP contribution is -2.16. The molecule has 3 heterocycles. The van der Waals surface area contributed by atoms with E-state index in [1.54, 1.807) is 81.9 Å². The molecule has 0 saturated carbocycles. The SMILES string of the molecule is [C-]#[N+]c1ccccc1-c1ccc2c(c1)c1cc(-c3ccccc3C#N)ccc1n2-c1cc(-c2nc(-c3ccccc3)nc(-c3ccccc3)n2)cc(-n2c3ccc(-c4ccccc4C#N)cc3c3cc(-c4ccccc4[N+]#[C-])ccc32)c1C(F)(F)F. The molecule has 0 aliphatic heterocycles. The maximum absolute atomic E-state index is 17.5. The number of nitrogens with zero attached hydrogens (tertiary/aromatic N) is 9. The summed E-state index contributed by atoms with van der Waals surface area (Å²) in [5.41, 5.74) is 8.87. The first kappa shape index (κ1) is 51.9. The van der Waals surface area contributed by atoms with Gasteiger partial charge in [-0.05, 0) is 117 Å². The summed E-state index contributed by atoms with van der Waals surface area (Å²) >= 11 is 0. The highest BCUT2D eigenvalue weighted by molar-refractivity contribution is 6.14. The van der Waals surface area contributed by atoms with Gasteiger partial charge in [0.1, 0.15) is 5.56 Å². The van der Waals surface area contributed by atoms with E-state index >= 15 is 13.2 Å². The van der Waals surface area contributed by atoms with Gasteiger partial charge in [-0.2, -0.15) is 23.7 Å². The van der Waals surface area contributed by atoms with Crippen molar-refractivity contribution in [2.45, 2.75) is 6.18 Å². The van der Waals surface area contributed by atoms with Crippen LogP contribution in [0.4, 0.5) is 24.5 Å². The van der Waals surface area contributed by atoms with Crippen LogP contribution in [0, 0.1) is 35.8 Å². The Morgan fingerprint density at radius 3 is 1.01 bits per heavy atom. The third kappa shape index (κ3) is 8.83. The average molecular weight is 1110 g/mol. The standard InChI is InChI=1S/C74H40F3N9/c1-80-62-27-15-13-25-56(62)49-31-35-66-60(39-49)58-37-47(54-23-11-9-21-51(54)43-78)29-33-64(58)85(66)68-41-53(73-83-71(45-17-5-3-6-18-45)82-72(84-73)46-19-7-4-8-20-46)42-69(70(68)74(75,76)77)86-65-34-30-48(55-24-12-10-22-52(55)44-79)38-59(65)61-40-50(32-36-67(61)86)57-26-14-16-28-63(57)81-2/h3-42H. The quantitative estimate of drug-likeness (QED) is 0.134. The van der Waals surface area contributed by atoms with Gasteiger partial charge in [-0.3, -0.25) is 0 Å². The van der Waals surface area contributed by atoms with Crippen LogP contribution in [0.15, 0.2) is 243 Å². The van der Waals surface area contributed by atoms with Crippen molar-refractivity contribution >= 4 is 55.0 Å². The number of nitriles is 2. The first-order valence-electron chi connectivity index (χ1n) is 27.3. The zero-order valence-corrected chi connectivity index (χ0v) is 45.3. The number of rotatable bonds is 9. The Hall–Kier alpha value is -12.2. The zero-order valence-electron chi connectivity index (χ0n) is 45.3. The van der Waals surface area contributed by atoms with Crippen LogP contribution in [0.2, 0.25) is 0 Å². The molecule has 14 aromatic rings. The van der Waals surface area contributed by atoms with Crippen LogP contribution < -0.4 is 0 Å². The van der Waals surface area contributed by atoms with Crippen molar-refractivity contribution in [1.82, 2.24) is 24.1 Å². The molecule has 0 spiro atoms. The highest BCUT2D eigenvalue weighted by atomic mass is 19.4. The molecule has 14 rings (SSSR count). The van der Waals surface area contributed by atoms with Crippen LogP contribution >= 0.6 is 0 Å². The summed E-state index contributed by atoms with van der Waals surface area (Å²) in [7, 11) is 0. The molecule has 0 amide bonds. The fourth-order valence-corrected chi connectivity index (χ4v) is 11.9. The summed E-state index contributed by atoms with van der Waals surface area (Å²) in [6, 6.07) is 77.3. The molecular formula is C74H40F3N9. The molecule has 12 heteroatoms. The molecule has 3 aromatic heterocycles. The van der Waals surface area contributed by atoms with Gasteiger partial charge in [0.25, 0.3) is 0 Å². The van der Waals surface area contributed by atoms with Crippen LogP contribution in [0.3, 0.4) is 0 Å². The lowest BCUT2D eigenvalue weighted by molar-refractivity contribution is -0.137. The minimum Gasteiger partial charge on any atom is -0.309 e. The average Bonchev–Trinajstić information content (AvgIpc) is 1.56. The molecule has 0 atom stereocenters. The third-order valence-corrected chi connectivity index (χ3v) is 15.7. The van der Waals surface area contributed by atoms with Gasteiger partial charge in [0.05, 0.1) is 69.9 Å². The van der Waals surface area contributed by atoms with Crippen molar-refractivity contribution in [3.63, 3.8) is 0 Å². The largest absolute Gasteiger partial charge is 0.420 e. The Bertz CT molecular complexity index is 4740. The number of alkyl halides is 3. The fourth-order valence-electron chi connectivity index (χ4n) is 11.9. The number of hydrogen-bond acceptors (Lipinski definition) is 5. The van der Waals surface area contributed by atoms with Crippen LogP contribution in [-0.4, -0.2) is 24.1 Å². The van der Waals surface area contributed by atoms with Crippen LogP contribution in [-0.2, 0) is 6.18 Å². The lowest BCUT2D eigenvalue weighted by Gasteiger charge is -2.23. The number of benzene rings is 11. The van der Waals surface area contributed by atoms with Gasteiger partial charge >= 0.3 is 6.18 Å². The highest BCUT2D eigenvalue weighted by Gasteiger charge is 2.40. The summed E-state index contributed by atoms with van der Waals surface area (Å²) in [6.45, 7) is 16.1. The van der Waals surface area contributed by atoms with Gasteiger partial charge in [0.15, 0.2) is 28.8 Å². The summed E-state index contributed by atoms with van der Waals surface area (Å²) in [5, 5.41) is 23.0. The number of para-hydroxylation sites is 2. The molecule has 86 heavy (non-hydrogen) atoms. The van der Waals surface area contributed by atoms with Crippen molar-refractivity contribution in [2.75, 3.05) is 0 Å². The maximum atomic E-state index is 17.5. The van der Waals surface area contributed by atoms with Crippen molar-refractivity contribution in [3.8, 4) is 102 Å². The van der Waals surface area contributed by atoms with E-state index in [-0.39, 0.29) is 22.8 Å². The molecule has 0 saturated heterocycles. The first-order chi connectivity index (χ1) is 42.1. The predicted octanol–water partition coefficient (Wildman–Crippen LogP) is 19.6. The molecular weight excluding hydrogens is 1070 g/mol. The Kier molecular flexibility index (Phi) is 12.6. The number of halogens is 3. The molecule has 0 radical (unpaired) electrons. The van der Waals surface area contributed by atoms with E-state index in [0.29, 0.717) is 133 Å². The molecule has 0 fully saturated rings. The summed E-state index contributed by atoms with van der Waals surface area (Å²) in [6.07, 6.45) is -5.06. The molecule has 0 N–H and O–H groups in total. The van der Waals surface area contributed by atoms with Gasteiger partial charge in [0, 0.05) is 38.2 Å².